The molecule has 1 aromatic rings. The van der Waals surface area contributed by atoms with E-state index in [0.29, 0.717) is 6.04 Å². The third-order valence-electron chi connectivity index (χ3n) is 1.89. The highest BCUT2D eigenvalue weighted by atomic mass is 16.5. The molecule has 1 aromatic carbocycles. The Hall–Kier alpha value is -1.18. The SMILES string of the molecule is COc1cccc(C)c1NC(C)C. The highest BCUT2D eigenvalue weighted by Crippen LogP contribution is 2.27. The summed E-state index contributed by atoms with van der Waals surface area (Å²) in [5.74, 6) is 0.911. The molecule has 0 amide bonds. The lowest BCUT2D eigenvalue weighted by molar-refractivity contribution is 0.416. The standard InChI is InChI=1S/C11H17NO/c1-8(2)12-11-9(3)6-5-7-10(11)13-4/h5-8,12H,1-4H3. The van der Waals surface area contributed by atoms with Crippen LogP contribution in [-0.2, 0) is 0 Å². The molecule has 0 unspecified atom stereocenters. The van der Waals surface area contributed by atoms with Gasteiger partial charge in [-0.25, -0.2) is 0 Å². The molecule has 0 aliphatic carbocycles. The van der Waals surface area contributed by atoms with Crippen molar-refractivity contribution in [3.63, 3.8) is 0 Å². The average molecular weight is 179 g/mol. The molecule has 2 nitrogen and oxygen atoms in total. The average Bonchev–Trinajstić information content (AvgIpc) is 2.08. The number of hydrogen-bond donors (Lipinski definition) is 1. The zero-order valence-corrected chi connectivity index (χ0v) is 8.72. The van der Waals surface area contributed by atoms with E-state index in [2.05, 4.69) is 32.2 Å². The van der Waals surface area contributed by atoms with Crippen LogP contribution in [0, 0.1) is 6.92 Å². The molecule has 72 valence electrons. The predicted octanol–water partition coefficient (Wildman–Crippen LogP) is 2.82. The Morgan fingerprint density at radius 3 is 2.54 bits per heavy atom. The molecule has 2 heteroatoms. The van der Waals surface area contributed by atoms with Gasteiger partial charge in [-0.2, -0.15) is 0 Å². The van der Waals surface area contributed by atoms with E-state index in [4.69, 9.17) is 4.74 Å². The predicted molar refractivity (Wildman–Crippen MR) is 56.5 cm³/mol. The molecule has 0 spiro atoms. The summed E-state index contributed by atoms with van der Waals surface area (Å²) in [6.07, 6.45) is 0. The van der Waals surface area contributed by atoms with E-state index in [1.54, 1.807) is 7.11 Å². The van der Waals surface area contributed by atoms with E-state index in [0.717, 1.165) is 11.4 Å². The van der Waals surface area contributed by atoms with Crippen LogP contribution in [0.1, 0.15) is 19.4 Å². The Kier molecular flexibility index (Phi) is 3.18. The first-order valence-corrected chi connectivity index (χ1v) is 4.55. The van der Waals surface area contributed by atoms with Crippen molar-refractivity contribution in [3.8, 4) is 5.75 Å². The third kappa shape index (κ3) is 2.38. The fourth-order valence-corrected chi connectivity index (χ4v) is 1.28. The minimum Gasteiger partial charge on any atom is -0.495 e. The summed E-state index contributed by atoms with van der Waals surface area (Å²) in [6, 6.07) is 6.47. The third-order valence-corrected chi connectivity index (χ3v) is 1.89. The van der Waals surface area contributed by atoms with Gasteiger partial charge in [0.25, 0.3) is 0 Å². The summed E-state index contributed by atoms with van der Waals surface area (Å²) < 4.78 is 5.26. The number of benzene rings is 1. The lowest BCUT2D eigenvalue weighted by Gasteiger charge is -2.16. The van der Waals surface area contributed by atoms with Crippen molar-refractivity contribution < 1.29 is 4.74 Å². The van der Waals surface area contributed by atoms with Gasteiger partial charge >= 0.3 is 0 Å². The van der Waals surface area contributed by atoms with Gasteiger partial charge in [0.15, 0.2) is 0 Å². The van der Waals surface area contributed by atoms with Crippen molar-refractivity contribution in [1.29, 1.82) is 0 Å². The summed E-state index contributed by atoms with van der Waals surface area (Å²) in [5.41, 5.74) is 2.31. The van der Waals surface area contributed by atoms with Crippen LogP contribution >= 0.6 is 0 Å². The number of hydrogen-bond acceptors (Lipinski definition) is 2. The van der Waals surface area contributed by atoms with E-state index >= 15 is 0 Å². The molecule has 0 saturated carbocycles. The van der Waals surface area contributed by atoms with Gasteiger partial charge < -0.3 is 10.1 Å². The summed E-state index contributed by atoms with van der Waals surface area (Å²) in [7, 11) is 1.69. The number of para-hydroxylation sites is 1. The van der Waals surface area contributed by atoms with Crippen molar-refractivity contribution in [1.82, 2.24) is 0 Å². The van der Waals surface area contributed by atoms with Crippen LogP contribution in [0.15, 0.2) is 18.2 Å². The van der Waals surface area contributed by atoms with Gasteiger partial charge in [0.1, 0.15) is 5.75 Å². The van der Waals surface area contributed by atoms with Crippen LogP contribution in [0.5, 0.6) is 5.75 Å². The van der Waals surface area contributed by atoms with Crippen LogP contribution in [0.4, 0.5) is 5.69 Å². The first kappa shape index (κ1) is 9.90. The minimum atomic E-state index is 0.426. The molecule has 0 radical (unpaired) electrons. The lowest BCUT2D eigenvalue weighted by Crippen LogP contribution is -2.11. The highest BCUT2D eigenvalue weighted by molar-refractivity contribution is 5.61. The highest BCUT2D eigenvalue weighted by Gasteiger charge is 2.05. The number of anilines is 1. The van der Waals surface area contributed by atoms with E-state index in [1.165, 1.54) is 5.56 Å². The van der Waals surface area contributed by atoms with E-state index in [9.17, 15) is 0 Å². The van der Waals surface area contributed by atoms with Crippen LogP contribution < -0.4 is 10.1 Å². The van der Waals surface area contributed by atoms with Crippen LogP contribution in [0.2, 0.25) is 0 Å². The molecule has 0 atom stereocenters. The second-order valence-electron chi connectivity index (χ2n) is 3.45. The van der Waals surface area contributed by atoms with Crippen molar-refractivity contribution in [3.05, 3.63) is 23.8 Å². The number of methoxy groups -OCH3 is 1. The number of aryl methyl sites for hydroxylation is 1. The summed E-state index contributed by atoms with van der Waals surface area (Å²) in [6.45, 7) is 6.31. The quantitative estimate of drug-likeness (QED) is 0.770. The molecule has 0 heterocycles. The molecule has 1 rings (SSSR count). The van der Waals surface area contributed by atoms with Gasteiger partial charge in [-0.15, -0.1) is 0 Å². The fourth-order valence-electron chi connectivity index (χ4n) is 1.28. The maximum absolute atomic E-state index is 5.26. The smallest absolute Gasteiger partial charge is 0.142 e. The molecule has 13 heavy (non-hydrogen) atoms. The van der Waals surface area contributed by atoms with Crippen molar-refractivity contribution in [2.45, 2.75) is 26.8 Å². The maximum Gasteiger partial charge on any atom is 0.142 e. The number of rotatable bonds is 3. The molecule has 0 aromatic heterocycles. The van der Waals surface area contributed by atoms with Gasteiger partial charge in [0.05, 0.1) is 12.8 Å². The zero-order chi connectivity index (χ0) is 9.84. The Morgan fingerprint density at radius 1 is 1.31 bits per heavy atom. The van der Waals surface area contributed by atoms with Gasteiger partial charge in [-0.3, -0.25) is 0 Å². The van der Waals surface area contributed by atoms with Gasteiger partial charge in [-0.05, 0) is 32.4 Å². The molecule has 1 N–H and O–H groups in total. The van der Waals surface area contributed by atoms with Crippen LogP contribution in [-0.4, -0.2) is 13.2 Å². The largest absolute Gasteiger partial charge is 0.495 e. The van der Waals surface area contributed by atoms with Gasteiger partial charge in [0.2, 0.25) is 0 Å². The monoisotopic (exact) mass is 179 g/mol. The maximum atomic E-state index is 5.26. The Balaban J connectivity index is 3.00. The van der Waals surface area contributed by atoms with E-state index < -0.39 is 0 Å². The van der Waals surface area contributed by atoms with Crippen molar-refractivity contribution in [2.24, 2.45) is 0 Å². The molecule has 0 fully saturated rings. The fraction of sp³-hybridized carbons (Fsp3) is 0.455. The second kappa shape index (κ2) is 4.17. The summed E-state index contributed by atoms with van der Waals surface area (Å²) >= 11 is 0. The minimum absolute atomic E-state index is 0.426. The molecule has 0 bridgehead atoms. The van der Waals surface area contributed by atoms with Crippen molar-refractivity contribution in [2.75, 3.05) is 12.4 Å². The zero-order valence-electron chi connectivity index (χ0n) is 8.72. The van der Waals surface area contributed by atoms with E-state index in [-0.39, 0.29) is 0 Å². The first-order chi connectivity index (χ1) is 6.15. The summed E-state index contributed by atoms with van der Waals surface area (Å²) in [4.78, 5) is 0. The number of nitrogens with one attached hydrogen (secondary N) is 1. The molecular formula is C11H17NO. The second-order valence-corrected chi connectivity index (χ2v) is 3.45. The number of ether oxygens (including phenoxy) is 1. The lowest BCUT2D eigenvalue weighted by atomic mass is 10.1. The van der Waals surface area contributed by atoms with Gasteiger partial charge in [0, 0.05) is 6.04 Å². The topological polar surface area (TPSA) is 21.3 Å². The molecule has 0 aliphatic rings. The van der Waals surface area contributed by atoms with Crippen LogP contribution in [0.3, 0.4) is 0 Å². The van der Waals surface area contributed by atoms with Crippen LogP contribution in [0.25, 0.3) is 0 Å². The van der Waals surface area contributed by atoms with Crippen molar-refractivity contribution >= 4 is 5.69 Å². The Labute approximate surface area is 79.9 Å². The first-order valence-electron chi connectivity index (χ1n) is 4.55. The normalized spacial score (nSPS) is 10.2. The Bertz CT molecular complexity index is 281. The molecule has 0 aliphatic heterocycles. The van der Waals surface area contributed by atoms with E-state index in [1.807, 2.05) is 12.1 Å². The Morgan fingerprint density at radius 2 is 2.00 bits per heavy atom. The van der Waals surface area contributed by atoms with Gasteiger partial charge in [-0.1, -0.05) is 12.1 Å². The molecule has 0 saturated heterocycles. The molecular weight excluding hydrogens is 162 g/mol. The summed E-state index contributed by atoms with van der Waals surface area (Å²) in [5, 5.41) is 3.37.